The maximum atomic E-state index is 3.94. The summed E-state index contributed by atoms with van der Waals surface area (Å²) in [6.07, 6.45) is 6.53. The highest BCUT2D eigenvalue weighted by Gasteiger charge is 2.00. The van der Waals surface area contributed by atoms with E-state index in [1.807, 2.05) is 6.92 Å². The maximum Gasteiger partial charge on any atom is 0.0170 e. The van der Waals surface area contributed by atoms with Crippen molar-refractivity contribution < 1.29 is 0 Å². The molecule has 0 aliphatic carbocycles. The van der Waals surface area contributed by atoms with Gasteiger partial charge in [-0.05, 0) is 32.8 Å². The van der Waals surface area contributed by atoms with Crippen LogP contribution >= 0.6 is 0 Å². The van der Waals surface area contributed by atoms with Crippen molar-refractivity contribution in [3.05, 3.63) is 35.7 Å². The van der Waals surface area contributed by atoms with Crippen LogP contribution in [0.25, 0.3) is 0 Å². The number of rotatable bonds is 5. The van der Waals surface area contributed by atoms with Gasteiger partial charge in [-0.15, -0.1) is 0 Å². The highest BCUT2D eigenvalue weighted by molar-refractivity contribution is 5.18. The minimum absolute atomic E-state index is 1.04. The Morgan fingerprint density at radius 2 is 1.71 bits per heavy atom. The quantitative estimate of drug-likeness (QED) is 0.594. The molecule has 0 N–H and O–H groups in total. The second-order valence-corrected chi connectivity index (χ2v) is 3.67. The van der Waals surface area contributed by atoms with Crippen LogP contribution in [0, 0.1) is 0 Å². The molecule has 1 nitrogen and oxygen atoms in total. The predicted octanol–water partition coefficient (Wildman–Crippen LogP) is 4.10. The standard InChI is InChI=1S/C13H23N/c1-7-12(5)9-10-13(8-2)14(6)11(3)4/h9-10H,3,7-8H2,1-2,4-6H3/b12-9-,13-10+. The van der Waals surface area contributed by atoms with Crippen molar-refractivity contribution >= 4 is 0 Å². The second kappa shape index (κ2) is 6.47. The fraction of sp³-hybridized carbons (Fsp3) is 0.538. The Balaban J connectivity index is 4.63. The summed E-state index contributed by atoms with van der Waals surface area (Å²) < 4.78 is 0. The van der Waals surface area contributed by atoms with Crippen LogP contribution in [-0.2, 0) is 0 Å². The van der Waals surface area contributed by atoms with Crippen LogP contribution in [0.3, 0.4) is 0 Å². The molecule has 0 unspecified atom stereocenters. The molecule has 80 valence electrons. The first kappa shape index (κ1) is 13.0. The van der Waals surface area contributed by atoms with Gasteiger partial charge in [0.1, 0.15) is 0 Å². The van der Waals surface area contributed by atoms with E-state index in [0.29, 0.717) is 0 Å². The SMILES string of the molecule is C=C(C)N(C)/C(=C/C=C(/C)CC)CC. The van der Waals surface area contributed by atoms with E-state index in [1.165, 1.54) is 11.3 Å². The van der Waals surface area contributed by atoms with E-state index in [4.69, 9.17) is 0 Å². The Labute approximate surface area is 88.8 Å². The average molecular weight is 193 g/mol. The third kappa shape index (κ3) is 4.31. The van der Waals surface area contributed by atoms with Gasteiger partial charge in [0.25, 0.3) is 0 Å². The van der Waals surface area contributed by atoms with E-state index >= 15 is 0 Å². The van der Waals surface area contributed by atoms with Crippen molar-refractivity contribution in [3.8, 4) is 0 Å². The van der Waals surface area contributed by atoms with Crippen LogP contribution in [0.15, 0.2) is 35.7 Å². The van der Waals surface area contributed by atoms with Gasteiger partial charge in [0.15, 0.2) is 0 Å². The van der Waals surface area contributed by atoms with Gasteiger partial charge in [0.2, 0.25) is 0 Å². The first-order valence-electron chi connectivity index (χ1n) is 5.28. The van der Waals surface area contributed by atoms with Crippen molar-refractivity contribution in [2.45, 2.75) is 40.5 Å². The van der Waals surface area contributed by atoms with Crippen LogP contribution in [-0.4, -0.2) is 11.9 Å². The van der Waals surface area contributed by atoms with E-state index < -0.39 is 0 Å². The van der Waals surface area contributed by atoms with Crippen LogP contribution in [0.1, 0.15) is 40.5 Å². The summed E-state index contributed by atoms with van der Waals surface area (Å²) >= 11 is 0. The Morgan fingerprint density at radius 3 is 2.07 bits per heavy atom. The van der Waals surface area contributed by atoms with Gasteiger partial charge in [-0.2, -0.15) is 0 Å². The Bertz CT molecular complexity index is 246. The third-order valence-electron chi connectivity index (χ3n) is 2.48. The maximum absolute atomic E-state index is 3.94. The molecule has 0 saturated heterocycles. The summed E-state index contributed by atoms with van der Waals surface area (Å²) in [6, 6.07) is 0. The van der Waals surface area contributed by atoms with E-state index in [1.54, 1.807) is 0 Å². The third-order valence-corrected chi connectivity index (χ3v) is 2.48. The summed E-state index contributed by atoms with van der Waals surface area (Å²) in [5.74, 6) is 0. The van der Waals surface area contributed by atoms with Crippen molar-refractivity contribution in [2.75, 3.05) is 7.05 Å². The van der Waals surface area contributed by atoms with Gasteiger partial charge in [-0.25, -0.2) is 0 Å². The first-order chi connectivity index (χ1) is 6.52. The van der Waals surface area contributed by atoms with E-state index in [9.17, 15) is 0 Å². The summed E-state index contributed by atoms with van der Waals surface area (Å²) in [6.45, 7) is 12.5. The first-order valence-corrected chi connectivity index (χ1v) is 5.28. The Hall–Kier alpha value is -0.980. The van der Waals surface area contributed by atoms with Crippen molar-refractivity contribution in [2.24, 2.45) is 0 Å². The summed E-state index contributed by atoms with van der Waals surface area (Å²) in [5.41, 5.74) is 3.80. The molecule has 0 rings (SSSR count). The molecular formula is C13H23N. The van der Waals surface area contributed by atoms with Gasteiger partial charge in [0, 0.05) is 18.4 Å². The number of nitrogens with zero attached hydrogens (tertiary/aromatic N) is 1. The topological polar surface area (TPSA) is 3.24 Å². The fourth-order valence-electron chi connectivity index (χ4n) is 1.07. The zero-order valence-corrected chi connectivity index (χ0v) is 10.2. The molecule has 0 saturated carbocycles. The molecule has 0 aromatic heterocycles. The minimum Gasteiger partial charge on any atom is -0.353 e. The monoisotopic (exact) mass is 193 g/mol. The van der Waals surface area contributed by atoms with Crippen LogP contribution in [0.2, 0.25) is 0 Å². The molecule has 0 amide bonds. The smallest absolute Gasteiger partial charge is 0.0170 e. The molecule has 14 heavy (non-hydrogen) atoms. The molecule has 0 radical (unpaired) electrons. The molecule has 0 fully saturated rings. The molecule has 0 spiro atoms. The van der Waals surface area contributed by atoms with Crippen molar-refractivity contribution in [1.82, 2.24) is 4.90 Å². The molecule has 0 aromatic carbocycles. The number of hydrogen-bond donors (Lipinski definition) is 0. The van der Waals surface area contributed by atoms with Crippen molar-refractivity contribution in [1.29, 1.82) is 0 Å². The molecule has 0 bridgehead atoms. The molecule has 1 heteroatoms. The normalized spacial score (nSPS) is 12.9. The second-order valence-electron chi connectivity index (χ2n) is 3.67. The van der Waals surface area contributed by atoms with Gasteiger partial charge in [-0.3, -0.25) is 0 Å². The average Bonchev–Trinajstić information content (AvgIpc) is 2.17. The number of hydrogen-bond acceptors (Lipinski definition) is 1. The molecule has 0 atom stereocenters. The number of allylic oxidation sites excluding steroid dienone is 5. The minimum atomic E-state index is 1.04. The predicted molar refractivity (Wildman–Crippen MR) is 65.0 cm³/mol. The molecular weight excluding hydrogens is 170 g/mol. The lowest BCUT2D eigenvalue weighted by Crippen LogP contribution is -2.13. The van der Waals surface area contributed by atoms with Crippen LogP contribution in [0.4, 0.5) is 0 Å². The summed E-state index contributed by atoms with van der Waals surface area (Å²) in [4.78, 5) is 2.14. The largest absolute Gasteiger partial charge is 0.353 e. The van der Waals surface area contributed by atoms with Gasteiger partial charge < -0.3 is 4.90 Å². The molecule has 0 aromatic rings. The van der Waals surface area contributed by atoms with E-state index in [0.717, 1.165) is 18.5 Å². The van der Waals surface area contributed by atoms with Crippen molar-refractivity contribution in [3.63, 3.8) is 0 Å². The highest BCUT2D eigenvalue weighted by atomic mass is 15.1. The van der Waals surface area contributed by atoms with Crippen LogP contribution < -0.4 is 0 Å². The summed E-state index contributed by atoms with van der Waals surface area (Å²) in [5, 5.41) is 0. The zero-order chi connectivity index (χ0) is 11.1. The lowest BCUT2D eigenvalue weighted by Gasteiger charge is -2.21. The van der Waals surface area contributed by atoms with E-state index in [2.05, 4.69) is 51.4 Å². The fourth-order valence-corrected chi connectivity index (χ4v) is 1.07. The van der Waals surface area contributed by atoms with Crippen LogP contribution in [0.5, 0.6) is 0 Å². The lowest BCUT2D eigenvalue weighted by molar-refractivity contribution is 0.504. The van der Waals surface area contributed by atoms with Gasteiger partial charge >= 0.3 is 0 Å². The summed E-state index contributed by atoms with van der Waals surface area (Å²) in [7, 11) is 2.06. The molecule has 0 heterocycles. The highest BCUT2D eigenvalue weighted by Crippen LogP contribution is 2.12. The Morgan fingerprint density at radius 1 is 1.14 bits per heavy atom. The molecule has 0 aliphatic rings. The Kier molecular flexibility index (Phi) is 6.02. The van der Waals surface area contributed by atoms with E-state index in [-0.39, 0.29) is 0 Å². The zero-order valence-electron chi connectivity index (χ0n) is 10.2. The van der Waals surface area contributed by atoms with Gasteiger partial charge in [0.05, 0.1) is 0 Å². The lowest BCUT2D eigenvalue weighted by atomic mass is 10.2. The van der Waals surface area contributed by atoms with Gasteiger partial charge in [-0.1, -0.05) is 32.1 Å². The molecule has 0 aliphatic heterocycles.